The maximum atomic E-state index is 10.9. The van der Waals surface area contributed by atoms with Crippen LogP contribution in [0.1, 0.15) is 6.42 Å². The van der Waals surface area contributed by atoms with E-state index in [1.165, 1.54) is 0 Å². The number of amides is 1. The second kappa shape index (κ2) is 2.51. The van der Waals surface area contributed by atoms with E-state index >= 15 is 0 Å². The summed E-state index contributed by atoms with van der Waals surface area (Å²) < 4.78 is 22.5. The van der Waals surface area contributed by atoms with Gasteiger partial charge < -0.3 is 0 Å². The molecule has 0 aromatic heterocycles. The zero-order valence-electron chi connectivity index (χ0n) is 5.65. The molecule has 1 heterocycles. The van der Waals surface area contributed by atoms with Crippen molar-refractivity contribution >= 4 is 15.9 Å². The van der Waals surface area contributed by atoms with Crippen molar-refractivity contribution in [3.8, 4) is 6.07 Å². The lowest BCUT2D eigenvalue weighted by molar-refractivity contribution is -0.124. The highest BCUT2D eigenvalue weighted by molar-refractivity contribution is 7.90. The molecule has 1 fully saturated rings. The smallest absolute Gasteiger partial charge is 0.238 e. The molecule has 1 rings (SSSR count). The third-order valence-electron chi connectivity index (χ3n) is 1.40. The number of sulfonamides is 1. The third kappa shape index (κ3) is 1.33. The number of hydrogen-bond acceptors (Lipinski definition) is 4. The summed E-state index contributed by atoms with van der Waals surface area (Å²) in [4.78, 5) is 10.8. The Balaban J connectivity index is 2.92. The van der Waals surface area contributed by atoms with Crippen LogP contribution in [0.25, 0.3) is 0 Å². The van der Waals surface area contributed by atoms with E-state index in [-0.39, 0.29) is 18.7 Å². The van der Waals surface area contributed by atoms with Crippen LogP contribution in [0.3, 0.4) is 0 Å². The van der Waals surface area contributed by atoms with Crippen molar-refractivity contribution in [3.05, 3.63) is 0 Å². The first-order chi connectivity index (χ1) is 5.08. The molecule has 0 aromatic rings. The van der Waals surface area contributed by atoms with Gasteiger partial charge in [0.1, 0.15) is 6.54 Å². The molecule has 0 spiro atoms. The average molecular weight is 174 g/mol. The Morgan fingerprint density at radius 3 is 2.64 bits per heavy atom. The molecule has 0 radical (unpaired) electrons. The normalized spacial score (nSPS) is 21.7. The summed E-state index contributed by atoms with van der Waals surface area (Å²) in [5.41, 5.74) is 0. The summed E-state index contributed by atoms with van der Waals surface area (Å²) in [7, 11) is -3.44. The van der Waals surface area contributed by atoms with Gasteiger partial charge in [0.15, 0.2) is 0 Å². The maximum Gasteiger partial charge on any atom is 0.238 e. The van der Waals surface area contributed by atoms with Gasteiger partial charge in [0.25, 0.3) is 0 Å². The molecule has 1 aliphatic rings. The van der Waals surface area contributed by atoms with Gasteiger partial charge in [-0.05, 0) is 0 Å². The predicted molar refractivity (Wildman–Crippen MR) is 35.7 cm³/mol. The first-order valence-electron chi connectivity index (χ1n) is 2.98. The van der Waals surface area contributed by atoms with Crippen LogP contribution in [-0.4, -0.2) is 30.9 Å². The van der Waals surface area contributed by atoms with Crippen LogP contribution in [0, 0.1) is 11.3 Å². The fraction of sp³-hybridized carbons (Fsp3) is 0.600. The van der Waals surface area contributed by atoms with Crippen LogP contribution in [0.2, 0.25) is 0 Å². The Bertz CT molecular complexity index is 313. The van der Waals surface area contributed by atoms with Gasteiger partial charge in [-0.3, -0.25) is 4.79 Å². The van der Waals surface area contributed by atoms with Crippen LogP contribution in [-0.2, 0) is 14.8 Å². The predicted octanol–water partition coefficient (Wildman–Crippen LogP) is -0.928. The summed E-state index contributed by atoms with van der Waals surface area (Å²) in [5.74, 6) is -0.639. The Morgan fingerprint density at radius 2 is 2.27 bits per heavy atom. The number of carbonyl (C=O) groups is 1. The number of nitriles is 1. The first-order valence-corrected chi connectivity index (χ1v) is 4.59. The van der Waals surface area contributed by atoms with Gasteiger partial charge in [0, 0.05) is 6.42 Å². The highest BCUT2D eigenvalue weighted by Crippen LogP contribution is 2.13. The second-order valence-electron chi connectivity index (χ2n) is 2.12. The van der Waals surface area contributed by atoms with Crippen LogP contribution in [0.15, 0.2) is 0 Å². The highest BCUT2D eigenvalue weighted by Gasteiger charge is 2.34. The van der Waals surface area contributed by atoms with Crippen LogP contribution in [0.5, 0.6) is 0 Å². The zero-order chi connectivity index (χ0) is 8.48. The van der Waals surface area contributed by atoms with Gasteiger partial charge in [-0.2, -0.15) is 5.26 Å². The SMILES string of the molecule is N#CCN1C(=O)CCS1(=O)=O. The molecule has 0 bridgehead atoms. The quantitative estimate of drug-likeness (QED) is 0.481. The maximum absolute atomic E-state index is 10.9. The molecule has 6 heteroatoms. The van der Waals surface area contributed by atoms with Gasteiger partial charge in [0.2, 0.25) is 15.9 Å². The second-order valence-corrected chi connectivity index (χ2v) is 4.14. The molecule has 1 aliphatic heterocycles. The monoisotopic (exact) mass is 174 g/mol. The van der Waals surface area contributed by atoms with Crippen molar-refractivity contribution in [3.63, 3.8) is 0 Å². The number of nitrogens with zero attached hydrogens (tertiary/aromatic N) is 2. The van der Waals surface area contributed by atoms with E-state index in [1.54, 1.807) is 6.07 Å². The largest absolute Gasteiger partial charge is 0.274 e. The van der Waals surface area contributed by atoms with Crippen LogP contribution < -0.4 is 0 Å². The van der Waals surface area contributed by atoms with E-state index in [4.69, 9.17) is 5.26 Å². The van der Waals surface area contributed by atoms with E-state index in [0.717, 1.165) is 0 Å². The lowest BCUT2D eigenvalue weighted by Gasteiger charge is -2.08. The number of rotatable bonds is 1. The molecule has 1 saturated heterocycles. The summed E-state index contributed by atoms with van der Waals surface area (Å²) in [6, 6.07) is 1.62. The van der Waals surface area contributed by atoms with Crippen molar-refractivity contribution < 1.29 is 13.2 Å². The van der Waals surface area contributed by atoms with E-state index in [9.17, 15) is 13.2 Å². The molecule has 0 aliphatic carbocycles. The third-order valence-corrected chi connectivity index (χ3v) is 3.13. The summed E-state index contributed by atoms with van der Waals surface area (Å²) in [5, 5.41) is 8.17. The Hall–Kier alpha value is -1.09. The molecule has 0 saturated carbocycles. The summed E-state index contributed by atoms with van der Waals surface area (Å²) in [6.07, 6.45) is 0.00398. The summed E-state index contributed by atoms with van der Waals surface area (Å²) >= 11 is 0. The standard InChI is InChI=1S/C5H6N2O3S/c6-2-3-7-5(8)1-4-11(7,9)10/h1,3-4H2. The van der Waals surface area contributed by atoms with Gasteiger partial charge in [-0.25, -0.2) is 12.7 Å². The fourth-order valence-corrected chi connectivity index (χ4v) is 2.17. The van der Waals surface area contributed by atoms with Crippen LogP contribution in [0.4, 0.5) is 0 Å². The topological polar surface area (TPSA) is 78.2 Å². The highest BCUT2D eigenvalue weighted by atomic mass is 32.2. The minimum Gasteiger partial charge on any atom is -0.274 e. The number of hydrogen-bond donors (Lipinski definition) is 0. The van der Waals surface area contributed by atoms with Crippen LogP contribution >= 0.6 is 0 Å². The molecule has 0 N–H and O–H groups in total. The van der Waals surface area contributed by atoms with Gasteiger partial charge in [-0.1, -0.05) is 0 Å². The van der Waals surface area contributed by atoms with Gasteiger partial charge in [-0.15, -0.1) is 0 Å². The number of carbonyl (C=O) groups excluding carboxylic acids is 1. The summed E-state index contributed by atoms with van der Waals surface area (Å²) in [6.45, 7) is -0.360. The van der Waals surface area contributed by atoms with Gasteiger partial charge in [0.05, 0.1) is 11.8 Å². The Kier molecular flexibility index (Phi) is 1.83. The van der Waals surface area contributed by atoms with Crippen molar-refractivity contribution in [2.75, 3.05) is 12.3 Å². The zero-order valence-corrected chi connectivity index (χ0v) is 6.47. The van der Waals surface area contributed by atoms with E-state index in [1.807, 2.05) is 0 Å². The molecule has 0 atom stereocenters. The fourth-order valence-electron chi connectivity index (χ4n) is 0.857. The van der Waals surface area contributed by atoms with Crippen molar-refractivity contribution in [2.24, 2.45) is 0 Å². The molecular weight excluding hydrogens is 168 g/mol. The van der Waals surface area contributed by atoms with Gasteiger partial charge >= 0.3 is 0 Å². The minimum atomic E-state index is -3.44. The molecule has 5 nitrogen and oxygen atoms in total. The molecule has 0 unspecified atom stereocenters. The molecule has 1 amide bonds. The molecular formula is C5H6N2O3S. The van der Waals surface area contributed by atoms with Crippen molar-refractivity contribution in [2.45, 2.75) is 6.42 Å². The van der Waals surface area contributed by atoms with E-state index < -0.39 is 15.9 Å². The molecule has 11 heavy (non-hydrogen) atoms. The first kappa shape index (κ1) is 8.01. The van der Waals surface area contributed by atoms with E-state index in [0.29, 0.717) is 4.31 Å². The Labute approximate surface area is 64.3 Å². The molecule has 0 aromatic carbocycles. The lowest BCUT2D eigenvalue weighted by atomic mass is 10.4. The Morgan fingerprint density at radius 1 is 1.64 bits per heavy atom. The average Bonchev–Trinajstić information content (AvgIpc) is 2.16. The van der Waals surface area contributed by atoms with E-state index in [2.05, 4.69) is 0 Å². The van der Waals surface area contributed by atoms with Crippen molar-refractivity contribution in [1.29, 1.82) is 5.26 Å². The lowest BCUT2D eigenvalue weighted by Crippen LogP contribution is -2.29. The van der Waals surface area contributed by atoms with Crippen molar-refractivity contribution in [1.82, 2.24) is 4.31 Å². The molecule has 60 valence electrons. The minimum absolute atomic E-state index is 0.00398.